The molecule has 1 atom stereocenters. The molecule has 1 unspecified atom stereocenters. The van der Waals surface area contributed by atoms with Gasteiger partial charge in [0.05, 0.1) is 17.3 Å². The van der Waals surface area contributed by atoms with Gasteiger partial charge in [0.15, 0.2) is 0 Å². The number of aromatic nitrogens is 3. The maximum atomic E-state index is 5.28. The van der Waals surface area contributed by atoms with Crippen LogP contribution in [0.5, 0.6) is 0 Å². The molecule has 0 aliphatic carbocycles. The summed E-state index contributed by atoms with van der Waals surface area (Å²) in [5, 5.41) is 8.69. The molecule has 1 fully saturated rings. The van der Waals surface area contributed by atoms with Crippen LogP contribution in [0.25, 0.3) is 5.52 Å². The van der Waals surface area contributed by atoms with Gasteiger partial charge in [-0.1, -0.05) is 17.6 Å². The number of piperidine rings is 1. The van der Waals surface area contributed by atoms with E-state index in [1.807, 2.05) is 23.7 Å². The van der Waals surface area contributed by atoms with Crippen molar-refractivity contribution < 1.29 is 4.52 Å². The third kappa shape index (κ3) is 2.41. The van der Waals surface area contributed by atoms with E-state index in [1.54, 1.807) is 0 Å². The van der Waals surface area contributed by atoms with Gasteiger partial charge in [-0.3, -0.25) is 4.90 Å². The Morgan fingerprint density at radius 3 is 3.09 bits per heavy atom. The van der Waals surface area contributed by atoms with Gasteiger partial charge in [-0.2, -0.15) is 5.10 Å². The molecule has 4 heterocycles. The zero-order valence-corrected chi connectivity index (χ0v) is 12.8. The van der Waals surface area contributed by atoms with Gasteiger partial charge in [-0.15, -0.1) is 0 Å². The lowest BCUT2D eigenvalue weighted by Crippen LogP contribution is -2.33. The molecule has 1 saturated heterocycles. The van der Waals surface area contributed by atoms with Crippen LogP contribution >= 0.6 is 0 Å². The number of aryl methyl sites for hydroxylation is 1. The van der Waals surface area contributed by atoms with Crippen molar-refractivity contribution >= 4 is 5.52 Å². The van der Waals surface area contributed by atoms with Crippen LogP contribution in [-0.2, 0) is 6.54 Å². The van der Waals surface area contributed by atoms with E-state index in [0.29, 0.717) is 6.04 Å². The number of hydrogen-bond acceptors (Lipinski definition) is 4. The van der Waals surface area contributed by atoms with Crippen LogP contribution in [0.15, 0.2) is 41.1 Å². The molecule has 114 valence electrons. The van der Waals surface area contributed by atoms with Gasteiger partial charge < -0.3 is 4.52 Å². The highest BCUT2D eigenvalue weighted by molar-refractivity contribution is 5.46. The van der Waals surface area contributed by atoms with Crippen LogP contribution in [0.1, 0.15) is 42.5 Å². The van der Waals surface area contributed by atoms with Crippen LogP contribution < -0.4 is 0 Å². The Hall–Kier alpha value is -2.14. The van der Waals surface area contributed by atoms with Crippen molar-refractivity contribution in [1.82, 2.24) is 19.7 Å². The third-order valence-corrected chi connectivity index (χ3v) is 4.47. The lowest BCUT2D eigenvalue weighted by atomic mass is 9.99. The molecular formula is C17H20N4O. The molecule has 1 aliphatic rings. The van der Waals surface area contributed by atoms with Crippen LogP contribution in [0, 0.1) is 6.92 Å². The van der Waals surface area contributed by atoms with Gasteiger partial charge in [0.1, 0.15) is 11.5 Å². The summed E-state index contributed by atoms with van der Waals surface area (Å²) in [6, 6.07) is 10.8. The molecule has 0 saturated carbocycles. The largest absolute Gasteiger partial charge is 0.361 e. The minimum atomic E-state index is 0.344. The Morgan fingerprint density at radius 2 is 2.23 bits per heavy atom. The Kier molecular flexibility index (Phi) is 3.42. The average molecular weight is 296 g/mol. The van der Waals surface area contributed by atoms with E-state index in [9.17, 15) is 0 Å². The first-order valence-corrected chi connectivity index (χ1v) is 7.90. The van der Waals surface area contributed by atoms with E-state index < -0.39 is 0 Å². The minimum Gasteiger partial charge on any atom is -0.361 e. The summed E-state index contributed by atoms with van der Waals surface area (Å²) in [5.41, 5.74) is 3.42. The molecular weight excluding hydrogens is 276 g/mol. The monoisotopic (exact) mass is 296 g/mol. The number of nitrogens with zero attached hydrogens (tertiary/aromatic N) is 4. The van der Waals surface area contributed by atoms with Gasteiger partial charge in [0, 0.05) is 18.8 Å². The molecule has 0 bridgehead atoms. The topological polar surface area (TPSA) is 46.6 Å². The zero-order chi connectivity index (χ0) is 14.9. The second-order valence-electron chi connectivity index (χ2n) is 6.03. The maximum absolute atomic E-state index is 5.28. The van der Waals surface area contributed by atoms with Crippen molar-refractivity contribution in [2.45, 2.75) is 38.8 Å². The fraction of sp³-hybridized carbons (Fsp3) is 0.412. The number of fused-ring (bicyclic) bond motifs is 1. The molecule has 4 rings (SSSR count). The van der Waals surface area contributed by atoms with E-state index in [1.165, 1.54) is 18.5 Å². The lowest BCUT2D eigenvalue weighted by Gasteiger charge is -2.34. The smallest absolute Gasteiger partial charge is 0.133 e. The van der Waals surface area contributed by atoms with E-state index in [0.717, 1.165) is 36.5 Å². The summed E-state index contributed by atoms with van der Waals surface area (Å²) >= 11 is 0. The van der Waals surface area contributed by atoms with Crippen molar-refractivity contribution in [3.8, 4) is 0 Å². The summed E-state index contributed by atoms with van der Waals surface area (Å²) in [6.07, 6.45) is 5.48. The highest BCUT2D eigenvalue weighted by Crippen LogP contribution is 2.31. The Balaban J connectivity index is 1.63. The molecule has 0 spiro atoms. The van der Waals surface area contributed by atoms with Crippen LogP contribution in [0.2, 0.25) is 0 Å². The summed E-state index contributed by atoms with van der Waals surface area (Å²) in [7, 11) is 0. The second-order valence-corrected chi connectivity index (χ2v) is 6.03. The van der Waals surface area contributed by atoms with E-state index in [-0.39, 0.29) is 0 Å². The standard InChI is InChI=1S/C17H20N4O/c1-13-11-16(19-22-13)17-7-2-3-10-20(17)12-15-6-4-5-14-8-9-18-21(14)15/h4-6,8-9,11,17H,2-3,7,10,12H2,1H3. The molecule has 5 nitrogen and oxygen atoms in total. The molecule has 0 radical (unpaired) electrons. The molecule has 3 aromatic heterocycles. The predicted molar refractivity (Wildman–Crippen MR) is 83.4 cm³/mol. The molecule has 1 aliphatic heterocycles. The van der Waals surface area contributed by atoms with Crippen LogP contribution in [0.3, 0.4) is 0 Å². The summed E-state index contributed by atoms with van der Waals surface area (Å²) in [4.78, 5) is 2.50. The fourth-order valence-electron chi connectivity index (χ4n) is 3.39. The second kappa shape index (κ2) is 5.57. The van der Waals surface area contributed by atoms with Crippen molar-refractivity contribution in [2.24, 2.45) is 0 Å². The zero-order valence-electron chi connectivity index (χ0n) is 12.8. The average Bonchev–Trinajstić information content (AvgIpc) is 3.17. The van der Waals surface area contributed by atoms with Gasteiger partial charge >= 0.3 is 0 Å². The number of likely N-dealkylation sites (tertiary alicyclic amines) is 1. The SMILES string of the molecule is Cc1cc(C2CCCCN2Cc2cccc3ccnn23)no1. The molecule has 0 N–H and O–H groups in total. The minimum absolute atomic E-state index is 0.344. The summed E-state index contributed by atoms with van der Waals surface area (Å²) in [5.74, 6) is 0.884. The lowest BCUT2D eigenvalue weighted by molar-refractivity contribution is 0.131. The molecule has 5 heteroatoms. The number of hydrogen-bond donors (Lipinski definition) is 0. The van der Waals surface area contributed by atoms with E-state index in [2.05, 4.69) is 39.4 Å². The Morgan fingerprint density at radius 1 is 1.27 bits per heavy atom. The van der Waals surface area contributed by atoms with E-state index >= 15 is 0 Å². The van der Waals surface area contributed by atoms with Gasteiger partial charge in [-0.05, 0) is 44.5 Å². The first-order chi connectivity index (χ1) is 10.8. The molecule has 0 aromatic carbocycles. The quantitative estimate of drug-likeness (QED) is 0.743. The maximum Gasteiger partial charge on any atom is 0.133 e. The van der Waals surface area contributed by atoms with Crippen molar-refractivity contribution in [1.29, 1.82) is 0 Å². The number of rotatable bonds is 3. The van der Waals surface area contributed by atoms with Gasteiger partial charge in [0.25, 0.3) is 0 Å². The first-order valence-electron chi connectivity index (χ1n) is 7.90. The van der Waals surface area contributed by atoms with Crippen molar-refractivity contribution in [3.63, 3.8) is 0 Å². The van der Waals surface area contributed by atoms with Crippen LogP contribution in [0.4, 0.5) is 0 Å². The van der Waals surface area contributed by atoms with Gasteiger partial charge in [-0.25, -0.2) is 4.52 Å². The predicted octanol–water partition coefficient (Wildman–Crippen LogP) is 3.36. The Labute approximate surface area is 129 Å². The highest BCUT2D eigenvalue weighted by atomic mass is 16.5. The fourth-order valence-corrected chi connectivity index (χ4v) is 3.39. The molecule has 22 heavy (non-hydrogen) atoms. The van der Waals surface area contributed by atoms with Crippen molar-refractivity contribution in [3.05, 3.63) is 53.7 Å². The first kappa shape index (κ1) is 13.5. The number of pyridine rings is 1. The normalized spacial score (nSPS) is 19.8. The summed E-state index contributed by atoms with van der Waals surface area (Å²) < 4.78 is 7.31. The summed E-state index contributed by atoms with van der Waals surface area (Å²) in [6.45, 7) is 3.93. The van der Waals surface area contributed by atoms with Crippen LogP contribution in [-0.4, -0.2) is 26.2 Å². The molecule has 0 amide bonds. The Bertz CT molecular complexity index is 776. The highest BCUT2D eigenvalue weighted by Gasteiger charge is 2.27. The third-order valence-electron chi connectivity index (χ3n) is 4.47. The van der Waals surface area contributed by atoms with E-state index in [4.69, 9.17) is 4.52 Å². The van der Waals surface area contributed by atoms with Crippen molar-refractivity contribution in [2.75, 3.05) is 6.54 Å². The van der Waals surface area contributed by atoms with Gasteiger partial charge in [0.2, 0.25) is 0 Å². The molecule has 3 aromatic rings.